The van der Waals surface area contributed by atoms with Crippen molar-refractivity contribution in [3.8, 4) is 0 Å². The third kappa shape index (κ3) is 2.75. The largest absolute Gasteiger partial charge is 0.339 e. The van der Waals surface area contributed by atoms with E-state index < -0.39 is 0 Å². The van der Waals surface area contributed by atoms with Crippen molar-refractivity contribution in [1.82, 2.24) is 25.1 Å². The van der Waals surface area contributed by atoms with Crippen LogP contribution in [0.2, 0.25) is 0 Å². The minimum atomic E-state index is 0.0883. The third-order valence-electron chi connectivity index (χ3n) is 4.61. The highest BCUT2D eigenvalue weighted by molar-refractivity contribution is 5.98. The molecule has 1 amide bonds. The Morgan fingerprint density at radius 1 is 1.25 bits per heavy atom. The number of nitrogens with one attached hydrogen (secondary N) is 1. The van der Waals surface area contributed by atoms with E-state index in [4.69, 9.17) is 0 Å². The van der Waals surface area contributed by atoms with E-state index in [2.05, 4.69) is 20.2 Å². The van der Waals surface area contributed by atoms with Crippen molar-refractivity contribution in [2.75, 3.05) is 13.1 Å². The number of benzene rings is 1. The molecule has 0 bridgehead atoms. The molecule has 1 aliphatic rings. The second-order valence-electron chi connectivity index (χ2n) is 6.26. The maximum atomic E-state index is 12.8. The topological polar surface area (TPSA) is 74.8 Å². The Morgan fingerprint density at radius 3 is 2.83 bits per heavy atom. The maximum absolute atomic E-state index is 12.8. The second-order valence-corrected chi connectivity index (χ2v) is 6.26. The van der Waals surface area contributed by atoms with Gasteiger partial charge in [-0.1, -0.05) is 6.07 Å². The first-order valence-electron chi connectivity index (χ1n) is 8.23. The number of fused-ring (bicyclic) bond motifs is 1. The number of rotatable bonds is 2. The number of H-pyrrole nitrogens is 1. The van der Waals surface area contributed by atoms with Crippen LogP contribution >= 0.6 is 0 Å². The summed E-state index contributed by atoms with van der Waals surface area (Å²) in [7, 11) is 0. The highest BCUT2D eigenvalue weighted by Crippen LogP contribution is 2.26. The monoisotopic (exact) mass is 321 g/mol. The zero-order chi connectivity index (χ0) is 16.5. The second kappa shape index (κ2) is 6.03. The van der Waals surface area contributed by atoms with E-state index in [1.807, 2.05) is 42.2 Å². The van der Waals surface area contributed by atoms with Crippen molar-refractivity contribution >= 4 is 16.8 Å². The van der Waals surface area contributed by atoms with Gasteiger partial charge in [-0.25, -0.2) is 4.98 Å². The molecule has 0 radical (unpaired) electrons. The molecule has 1 fully saturated rings. The highest BCUT2D eigenvalue weighted by Gasteiger charge is 2.26. The smallest absolute Gasteiger partial charge is 0.253 e. The van der Waals surface area contributed by atoms with E-state index in [1.54, 1.807) is 6.20 Å². The molecule has 2 aromatic heterocycles. The van der Waals surface area contributed by atoms with Gasteiger partial charge in [0.2, 0.25) is 0 Å². The van der Waals surface area contributed by atoms with Crippen molar-refractivity contribution in [3.05, 3.63) is 53.7 Å². The number of pyridine rings is 1. The van der Waals surface area contributed by atoms with E-state index in [0.717, 1.165) is 54.0 Å². The number of aromatic nitrogens is 4. The fourth-order valence-corrected chi connectivity index (χ4v) is 3.27. The van der Waals surface area contributed by atoms with Gasteiger partial charge in [-0.05, 0) is 44.0 Å². The predicted octanol–water partition coefficient (Wildman–Crippen LogP) is 2.68. The summed E-state index contributed by atoms with van der Waals surface area (Å²) in [5, 5.41) is 8.15. The number of nitrogens with zero attached hydrogens (tertiary/aromatic N) is 4. The van der Waals surface area contributed by atoms with Crippen LogP contribution in [0, 0.1) is 6.92 Å². The summed E-state index contributed by atoms with van der Waals surface area (Å²) in [6.45, 7) is 3.38. The third-order valence-corrected chi connectivity index (χ3v) is 4.61. The number of hydrogen-bond donors (Lipinski definition) is 1. The Morgan fingerprint density at radius 2 is 2.08 bits per heavy atom. The van der Waals surface area contributed by atoms with Crippen molar-refractivity contribution < 1.29 is 4.79 Å². The Kier molecular flexibility index (Phi) is 3.72. The average Bonchev–Trinajstić information content (AvgIpc) is 3.07. The summed E-state index contributed by atoms with van der Waals surface area (Å²) < 4.78 is 0. The van der Waals surface area contributed by atoms with E-state index in [0.29, 0.717) is 5.92 Å². The zero-order valence-electron chi connectivity index (χ0n) is 13.6. The summed E-state index contributed by atoms with van der Waals surface area (Å²) >= 11 is 0. The molecular weight excluding hydrogens is 302 g/mol. The molecule has 6 heteroatoms. The van der Waals surface area contributed by atoms with Crippen molar-refractivity contribution in [2.24, 2.45) is 0 Å². The van der Waals surface area contributed by atoms with Gasteiger partial charge in [-0.2, -0.15) is 5.10 Å². The molecule has 0 saturated carbocycles. The summed E-state index contributed by atoms with van der Waals surface area (Å²) in [6.07, 6.45) is 3.57. The zero-order valence-corrected chi connectivity index (χ0v) is 13.6. The molecular formula is C18H19N5O. The van der Waals surface area contributed by atoms with Crippen LogP contribution in [0.25, 0.3) is 10.9 Å². The van der Waals surface area contributed by atoms with Crippen molar-refractivity contribution in [1.29, 1.82) is 0 Å². The van der Waals surface area contributed by atoms with Crippen LogP contribution in [0.5, 0.6) is 0 Å². The molecule has 122 valence electrons. The number of amides is 1. The summed E-state index contributed by atoms with van der Waals surface area (Å²) in [6, 6.07) is 9.57. The molecule has 24 heavy (non-hydrogen) atoms. The molecule has 0 atom stereocenters. The summed E-state index contributed by atoms with van der Waals surface area (Å²) in [5.41, 5.74) is 1.63. The summed E-state index contributed by atoms with van der Waals surface area (Å²) in [5.74, 6) is 2.13. The number of piperidine rings is 1. The van der Waals surface area contributed by atoms with Crippen LogP contribution in [0.15, 0.2) is 36.5 Å². The van der Waals surface area contributed by atoms with E-state index in [-0.39, 0.29) is 5.91 Å². The summed E-state index contributed by atoms with van der Waals surface area (Å²) in [4.78, 5) is 23.4. The van der Waals surface area contributed by atoms with Crippen LogP contribution < -0.4 is 0 Å². The number of aromatic amines is 1. The fourth-order valence-electron chi connectivity index (χ4n) is 3.27. The normalized spacial score (nSPS) is 15.8. The van der Waals surface area contributed by atoms with Gasteiger partial charge < -0.3 is 4.90 Å². The van der Waals surface area contributed by atoms with Crippen LogP contribution in [0.3, 0.4) is 0 Å². The molecule has 4 rings (SSSR count). The first kappa shape index (κ1) is 14.8. The van der Waals surface area contributed by atoms with Gasteiger partial charge in [0, 0.05) is 36.2 Å². The number of carbonyl (C=O) groups excluding carboxylic acids is 1. The van der Waals surface area contributed by atoms with Gasteiger partial charge in [0.05, 0.1) is 5.52 Å². The minimum Gasteiger partial charge on any atom is -0.339 e. The van der Waals surface area contributed by atoms with Gasteiger partial charge in [-0.3, -0.25) is 14.9 Å². The number of aryl methyl sites for hydroxylation is 1. The van der Waals surface area contributed by atoms with Crippen LogP contribution in [0.1, 0.15) is 40.8 Å². The van der Waals surface area contributed by atoms with Gasteiger partial charge in [0.15, 0.2) is 5.82 Å². The van der Waals surface area contributed by atoms with Gasteiger partial charge >= 0.3 is 0 Å². The average molecular weight is 321 g/mol. The van der Waals surface area contributed by atoms with Gasteiger partial charge in [-0.15, -0.1) is 0 Å². The lowest BCUT2D eigenvalue weighted by atomic mass is 9.95. The lowest BCUT2D eigenvalue weighted by Crippen LogP contribution is -2.38. The van der Waals surface area contributed by atoms with Gasteiger partial charge in [0.25, 0.3) is 5.91 Å². The Labute approximate surface area is 139 Å². The number of hydrogen-bond acceptors (Lipinski definition) is 4. The van der Waals surface area contributed by atoms with Crippen molar-refractivity contribution in [3.63, 3.8) is 0 Å². The Balaban J connectivity index is 1.47. The fraction of sp³-hybridized carbons (Fsp3) is 0.333. The quantitative estimate of drug-likeness (QED) is 0.787. The lowest BCUT2D eigenvalue weighted by Gasteiger charge is -2.30. The number of likely N-dealkylation sites (tertiary alicyclic amines) is 1. The molecule has 1 aliphatic heterocycles. The molecule has 3 heterocycles. The standard InChI is InChI=1S/C18H19N5O/c1-12-20-17(22-21-12)13-6-9-23(10-7-13)18(24)15-4-5-16-14(11-15)3-2-8-19-16/h2-5,8,11,13H,6-7,9-10H2,1H3,(H,20,21,22). The molecule has 1 aromatic carbocycles. The molecule has 0 spiro atoms. The lowest BCUT2D eigenvalue weighted by molar-refractivity contribution is 0.0711. The molecule has 0 unspecified atom stereocenters. The molecule has 0 aliphatic carbocycles. The molecule has 6 nitrogen and oxygen atoms in total. The van der Waals surface area contributed by atoms with Crippen LogP contribution in [-0.4, -0.2) is 44.1 Å². The van der Waals surface area contributed by atoms with Gasteiger partial charge in [0.1, 0.15) is 5.82 Å². The molecule has 3 aromatic rings. The maximum Gasteiger partial charge on any atom is 0.253 e. The number of carbonyl (C=O) groups is 1. The molecule has 1 N–H and O–H groups in total. The minimum absolute atomic E-state index is 0.0883. The van der Waals surface area contributed by atoms with E-state index >= 15 is 0 Å². The SMILES string of the molecule is Cc1nc(C2CCN(C(=O)c3ccc4ncccc4c3)CC2)n[nH]1. The van der Waals surface area contributed by atoms with E-state index in [9.17, 15) is 4.79 Å². The van der Waals surface area contributed by atoms with Crippen LogP contribution in [0.4, 0.5) is 0 Å². The Hall–Kier alpha value is -2.76. The first-order valence-corrected chi connectivity index (χ1v) is 8.23. The van der Waals surface area contributed by atoms with Crippen LogP contribution in [-0.2, 0) is 0 Å². The highest BCUT2D eigenvalue weighted by atomic mass is 16.2. The Bertz CT molecular complexity index is 880. The van der Waals surface area contributed by atoms with Crippen molar-refractivity contribution in [2.45, 2.75) is 25.7 Å². The molecule has 1 saturated heterocycles. The first-order chi connectivity index (χ1) is 11.7. The predicted molar refractivity (Wildman–Crippen MR) is 90.7 cm³/mol. The van der Waals surface area contributed by atoms with E-state index in [1.165, 1.54) is 0 Å².